The van der Waals surface area contributed by atoms with E-state index in [-0.39, 0.29) is 17.2 Å². The van der Waals surface area contributed by atoms with Gasteiger partial charge >= 0.3 is 0 Å². The molecule has 0 spiro atoms. The first-order valence-electron chi connectivity index (χ1n) is 8.22. The zero-order chi connectivity index (χ0) is 17.4. The Morgan fingerprint density at radius 2 is 2.20 bits per heavy atom. The Kier molecular flexibility index (Phi) is 3.91. The molecule has 2 unspecified atom stereocenters. The van der Waals surface area contributed by atoms with E-state index in [0.717, 1.165) is 18.7 Å². The third-order valence-corrected chi connectivity index (χ3v) is 5.83. The number of hydrogen-bond acceptors (Lipinski definition) is 6. The maximum atomic E-state index is 12.4. The number of carbonyl (C=O) groups excluding carboxylic acids is 2. The van der Waals surface area contributed by atoms with Crippen molar-refractivity contribution >= 4 is 28.3 Å². The molecular formula is C17H19N5O2S. The molecule has 1 aliphatic carbocycles. The second-order valence-electron chi connectivity index (χ2n) is 6.81. The average Bonchev–Trinajstić information content (AvgIpc) is 2.94. The van der Waals surface area contributed by atoms with Gasteiger partial charge in [0.25, 0.3) is 5.91 Å². The average molecular weight is 357 g/mol. The number of carbonyl (C=O) groups is 2. The number of fused-ring (bicyclic) bond motifs is 1. The molecule has 7 nitrogen and oxygen atoms in total. The molecular weight excluding hydrogens is 338 g/mol. The van der Waals surface area contributed by atoms with Gasteiger partial charge in [-0.15, -0.1) is 11.3 Å². The highest BCUT2D eigenvalue weighted by atomic mass is 32.1. The number of rotatable bonds is 5. The number of piperidine rings is 1. The van der Waals surface area contributed by atoms with Crippen LogP contribution in [0, 0.1) is 11.3 Å². The molecule has 2 aromatic heterocycles. The third kappa shape index (κ3) is 3.21. The van der Waals surface area contributed by atoms with Gasteiger partial charge in [-0.05, 0) is 24.5 Å². The van der Waals surface area contributed by atoms with Crippen molar-refractivity contribution in [2.75, 3.05) is 25.4 Å². The molecule has 2 amide bonds. The van der Waals surface area contributed by atoms with Gasteiger partial charge in [-0.1, -0.05) is 0 Å². The second kappa shape index (κ2) is 6.11. The number of nitrogens with one attached hydrogen (secondary N) is 1. The SMILES string of the molecule is Nc1nc(CC(=O)N2CC3CC3(CNC(=O)c3ccncc3)C2)cs1. The van der Waals surface area contributed by atoms with Crippen molar-refractivity contribution in [1.29, 1.82) is 0 Å². The molecule has 8 heteroatoms. The summed E-state index contributed by atoms with van der Waals surface area (Å²) in [5, 5.41) is 5.32. The first-order valence-corrected chi connectivity index (χ1v) is 9.10. The van der Waals surface area contributed by atoms with Gasteiger partial charge in [-0.25, -0.2) is 4.98 Å². The summed E-state index contributed by atoms with van der Waals surface area (Å²) in [6, 6.07) is 3.39. The fraction of sp³-hybridized carbons (Fsp3) is 0.412. The summed E-state index contributed by atoms with van der Waals surface area (Å²) in [6.07, 6.45) is 4.57. The summed E-state index contributed by atoms with van der Waals surface area (Å²) in [5.41, 5.74) is 6.99. The van der Waals surface area contributed by atoms with Crippen molar-refractivity contribution in [3.63, 3.8) is 0 Å². The van der Waals surface area contributed by atoms with Crippen LogP contribution in [-0.2, 0) is 11.2 Å². The maximum absolute atomic E-state index is 12.4. The lowest BCUT2D eigenvalue weighted by molar-refractivity contribution is -0.130. The van der Waals surface area contributed by atoms with E-state index in [2.05, 4.69) is 15.3 Å². The van der Waals surface area contributed by atoms with Crippen molar-refractivity contribution in [3.05, 3.63) is 41.2 Å². The van der Waals surface area contributed by atoms with Crippen LogP contribution in [-0.4, -0.2) is 46.3 Å². The normalized spacial score (nSPS) is 24.0. The molecule has 130 valence electrons. The van der Waals surface area contributed by atoms with Crippen molar-refractivity contribution in [2.24, 2.45) is 11.3 Å². The van der Waals surface area contributed by atoms with E-state index in [1.54, 1.807) is 24.5 Å². The minimum Gasteiger partial charge on any atom is -0.375 e. The first-order chi connectivity index (χ1) is 12.1. The van der Waals surface area contributed by atoms with E-state index in [4.69, 9.17) is 5.73 Å². The minimum absolute atomic E-state index is 0.0411. The molecule has 0 radical (unpaired) electrons. The van der Waals surface area contributed by atoms with Gasteiger partial charge in [0.2, 0.25) is 5.91 Å². The van der Waals surface area contributed by atoms with E-state index < -0.39 is 0 Å². The predicted molar refractivity (Wildman–Crippen MR) is 93.9 cm³/mol. The van der Waals surface area contributed by atoms with Crippen molar-refractivity contribution in [3.8, 4) is 0 Å². The molecule has 2 atom stereocenters. The minimum atomic E-state index is -0.0925. The number of thiazole rings is 1. The van der Waals surface area contributed by atoms with Crippen molar-refractivity contribution in [1.82, 2.24) is 20.2 Å². The highest BCUT2D eigenvalue weighted by Crippen LogP contribution is 2.57. The number of amides is 2. The maximum Gasteiger partial charge on any atom is 0.251 e. The van der Waals surface area contributed by atoms with Gasteiger partial charge in [0.15, 0.2) is 5.13 Å². The molecule has 2 aliphatic rings. The number of nitrogens with zero attached hydrogens (tertiary/aromatic N) is 3. The van der Waals surface area contributed by atoms with Crippen LogP contribution in [0.3, 0.4) is 0 Å². The fourth-order valence-corrected chi connectivity index (χ4v) is 4.15. The number of nitrogen functional groups attached to an aromatic ring is 1. The Hall–Kier alpha value is -2.48. The number of aromatic nitrogens is 2. The molecule has 2 aromatic rings. The number of anilines is 1. The van der Waals surface area contributed by atoms with Crippen LogP contribution in [0.25, 0.3) is 0 Å². The predicted octanol–water partition coefficient (Wildman–Crippen LogP) is 0.941. The Labute approximate surface area is 149 Å². The summed E-state index contributed by atoms with van der Waals surface area (Å²) < 4.78 is 0. The number of nitrogens with two attached hydrogens (primary N) is 1. The molecule has 0 aromatic carbocycles. The van der Waals surface area contributed by atoms with Crippen LogP contribution in [0.4, 0.5) is 5.13 Å². The van der Waals surface area contributed by atoms with Gasteiger partial charge < -0.3 is 16.0 Å². The number of likely N-dealkylation sites (tertiary alicyclic amines) is 1. The highest BCUT2D eigenvalue weighted by Gasteiger charge is 2.60. The van der Waals surface area contributed by atoms with Crippen molar-refractivity contribution < 1.29 is 9.59 Å². The van der Waals surface area contributed by atoms with Gasteiger partial charge in [0, 0.05) is 48.4 Å². The smallest absolute Gasteiger partial charge is 0.251 e. The monoisotopic (exact) mass is 357 g/mol. The van der Waals surface area contributed by atoms with Gasteiger partial charge in [0.1, 0.15) is 0 Å². The number of hydrogen-bond donors (Lipinski definition) is 2. The first kappa shape index (κ1) is 16.0. The lowest BCUT2D eigenvalue weighted by Crippen LogP contribution is -2.37. The van der Waals surface area contributed by atoms with E-state index in [9.17, 15) is 9.59 Å². The van der Waals surface area contributed by atoms with Gasteiger partial charge in [-0.3, -0.25) is 14.6 Å². The Morgan fingerprint density at radius 3 is 2.92 bits per heavy atom. The quantitative estimate of drug-likeness (QED) is 0.829. The van der Waals surface area contributed by atoms with Crippen molar-refractivity contribution in [2.45, 2.75) is 12.8 Å². The standard InChI is InChI=1S/C17H19N5O2S/c18-16-21-13(8-25-16)5-14(23)22-7-12-6-17(12,10-22)9-20-15(24)11-1-3-19-4-2-11/h1-4,8,12H,5-7,9-10H2,(H2,18,21)(H,20,24). The van der Waals surface area contributed by atoms with Crippen LogP contribution >= 0.6 is 11.3 Å². The van der Waals surface area contributed by atoms with Crippen LogP contribution < -0.4 is 11.1 Å². The molecule has 3 heterocycles. The zero-order valence-corrected chi connectivity index (χ0v) is 14.5. The topological polar surface area (TPSA) is 101 Å². The van der Waals surface area contributed by atoms with Crippen LogP contribution in [0.15, 0.2) is 29.9 Å². The summed E-state index contributed by atoms with van der Waals surface area (Å²) in [6.45, 7) is 2.07. The molecule has 2 fully saturated rings. The summed E-state index contributed by atoms with van der Waals surface area (Å²) in [5.74, 6) is 0.470. The zero-order valence-electron chi connectivity index (χ0n) is 13.6. The van der Waals surface area contributed by atoms with E-state index >= 15 is 0 Å². The molecule has 1 saturated carbocycles. The highest BCUT2D eigenvalue weighted by molar-refractivity contribution is 7.13. The molecule has 4 rings (SSSR count). The molecule has 1 aliphatic heterocycles. The van der Waals surface area contributed by atoms with E-state index in [0.29, 0.717) is 36.1 Å². The van der Waals surface area contributed by atoms with E-state index in [1.807, 2.05) is 10.3 Å². The van der Waals surface area contributed by atoms with Gasteiger partial charge in [-0.2, -0.15) is 0 Å². The van der Waals surface area contributed by atoms with Crippen LogP contribution in [0.1, 0.15) is 22.5 Å². The summed E-state index contributed by atoms with van der Waals surface area (Å²) in [4.78, 5) is 34.6. The third-order valence-electron chi connectivity index (χ3n) is 5.10. The molecule has 25 heavy (non-hydrogen) atoms. The Morgan fingerprint density at radius 1 is 1.40 bits per heavy atom. The van der Waals surface area contributed by atoms with Gasteiger partial charge in [0.05, 0.1) is 12.1 Å². The Bertz CT molecular complexity index is 808. The Balaban J connectivity index is 1.31. The largest absolute Gasteiger partial charge is 0.375 e. The molecule has 0 bridgehead atoms. The molecule has 3 N–H and O–H groups in total. The fourth-order valence-electron chi connectivity index (χ4n) is 3.59. The van der Waals surface area contributed by atoms with E-state index in [1.165, 1.54) is 11.3 Å². The summed E-state index contributed by atoms with van der Waals surface area (Å²) >= 11 is 1.35. The number of pyridine rings is 1. The lowest BCUT2D eigenvalue weighted by atomic mass is 10.1. The second-order valence-corrected chi connectivity index (χ2v) is 7.70. The summed E-state index contributed by atoms with van der Waals surface area (Å²) in [7, 11) is 0. The molecule has 1 saturated heterocycles. The lowest BCUT2D eigenvalue weighted by Gasteiger charge is -2.21. The van der Waals surface area contributed by atoms with Crippen LogP contribution in [0.2, 0.25) is 0 Å². The van der Waals surface area contributed by atoms with Crippen LogP contribution in [0.5, 0.6) is 0 Å².